The minimum Gasteiger partial charge on any atom is -0.341 e. The molecule has 0 saturated heterocycles. The SMILES string of the molecule is CNC(=O)Nc1cccc(NC(=O)c2cccc(I)c2)c1. The smallest absolute Gasteiger partial charge is 0.318 e. The summed E-state index contributed by atoms with van der Waals surface area (Å²) in [4.78, 5) is 23.4. The summed E-state index contributed by atoms with van der Waals surface area (Å²) in [5.74, 6) is -0.189. The molecule has 6 heteroatoms. The van der Waals surface area contributed by atoms with E-state index in [0.717, 1.165) is 3.57 Å². The Bertz CT molecular complexity index is 673. The van der Waals surface area contributed by atoms with Crippen molar-refractivity contribution in [1.29, 1.82) is 0 Å². The third kappa shape index (κ3) is 4.45. The lowest BCUT2D eigenvalue weighted by Gasteiger charge is -2.08. The fourth-order valence-corrected chi connectivity index (χ4v) is 2.24. The topological polar surface area (TPSA) is 70.2 Å². The fourth-order valence-electron chi connectivity index (χ4n) is 1.70. The highest BCUT2D eigenvalue weighted by Gasteiger charge is 2.07. The van der Waals surface area contributed by atoms with Crippen molar-refractivity contribution in [2.45, 2.75) is 0 Å². The van der Waals surface area contributed by atoms with Crippen LogP contribution in [0.3, 0.4) is 0 Å². The van der Waals surface area contributed by atoms with Gasteiger partial charge < -0.3 is 16.0 Å². The highest BCUT2D eigenvalue weighted by Crippen LogP contribution is 2.16. The molecule has 0 atom stereocenters. The molecule has 0 saturated carbocycles. The summed E-state index contributed by atoms with van der Waals surface area (Å²) < 4.78 is 0.996. The Morgan fingerprint density at radius 3 is 2.29 bits per heavy atom. The molecule has 0 aliphatic heterocycles. The zero-order valence-corrected chi connectivity index (χ0v) is 13.5. The number of halogens is 1. The van der Waals surface area contributed by atoms with E-state index in [4.69, 9.17) is 0 Å². The van der Waals surface area contributed by atoms with Crippen molar-refractivity contribution in [1.82, 2.24) is 5.32 Å². The quantitative estimate of drug-likeness (QED) is 0.699. The Labute approximate surface area is 136 Å². The minimum atomic E-state index is -0.309. The summed E-state index contributed by atoms with van der Waals surface area (Å²) in [5, 5.41) is 7.92. The summed E-state index contributed by atoms with van der Waals surface area (Å²) in [7, 11) is 1.54. The van der Waals surface area contributed by atoms with Crippen LogP contribution in [0.4, 0.5) is 16.2 Å². The number of benzene rings is 2. The molecule has 3 amide bonds. The molecule has 0 spiro atoms. The van der Waals surface area contributed by atoms with Gasteiger partial charge in [-0.1, -0.05) is 12.1 Å². The highest BCUT2D eigenvalue weighted by atomic mass is 127. The third-order valence-corrected chi connectivity index (χ3v) is 3.36. The van der Waals surface area contributed by atoms with Crippen LogP contribution in [-0.4, -0.2) is 19.0 Å². The first-order valence-electron chi connectivity index (χ1n) is 6.24. The molecular formula is C15H14IN3O2. The molecule has 0 unspecified atom stereocenters. The van der Waals surface area contributed by atoms with Crippen LogP contribution >= 0.6 is 22.6 Å². The van der Waals surface area contributed by atoms with Crippen molar-refractivity contribution in [3.05, 3.63) is 57.7 Å². The van der Waals surface area contributed by atoms with E-state index < -0.39 is 0 Å². The maximum atomic E-state index is 12.1. The Kier molecular flexibility index (Phi) is 5.15. The fraction of sp³-hybridized carbons (Fsp3) is 0.0667. The number of nitrogens with one attached hydrogen (secondary N) is 3. The van der Waals surface area contributed by atoms with E-state index in [2.05, 4.69) is 38.5 Å². The van der Waals surface area contributed by atoms with E-state index in [0.29, 0.717) is 16.9 Å². The lowest BCUT2D eigenvalue weighted by atomic mass is 10.2. The van der Waals surface area contributed by atoms with Crippen LogP contribution < -0.4 is 16.0 Å². The normalized spacial score (nSPS) is 9.81. The van der Waals surface area contributed by atoms with Crippen LogP contribution in [0.2, 0.25) is 0 Å². The number of amides is 3. The molecule has 3 N–H and O–H groups in total. The zero-order valence-electron chi connectivity index (χ0n) is 11.3. The molecule has 0 aliphatic rings. The van der Waals surface area contributed by atoms with Gasteiger partial charge in [-0.25, -0.2) is 4.79 Å². The first-order valence-corrected chi connectivity index (χ1v) is 7.32. The number of rotatable bonds is 3. The average molecular weight is 395 g/mol. The average Bonchev–Trinajstić information content (AvgIpc) is 2.47. The van der Waals surface area contributed by atoms with Gasteiger partial charge in [-0.15, -0.1) is 0 Å². The second-order valence-electron chi connectivity index (χ2n) is 4.25. The standard InChI is InChI=1S/C15H14IN3O2/c1-17-15(21)19-13-7-3-6-12(9-13)18-14(20)10-4-2-5-11(16)8-10/h2-9H,1H3,(H,18,20)(H2,17,19,21). The van der Waals surface area contributed by atoms with Gasteiger partial charge in [0.15, 0.2) is 0 Å². The summed E-state index contributed by atoms with van der Waals surface area (Å²) in [6.07, 6.45) is 0. The molecule has 108 valence electrons. The molecule has 0 heterocycles. The van der Waals surface area contributed by atoms with Crippen molar-refractivity contribution in [3.8, 4) is 0 Å². The zero-order chi connectivity index (χ0) is 15.2. The molecule has 0 fully saturated rings. The highest BCUT2D eigenvalue weighted by molar-refractivity contribution is 14.1. The first kappa shape index (κ1) is 15.3. The summed E-state index contributed by atoms with van der Waals surface area (Å²) in [6, 6.07) is 14.0. The van der Waals surface area contributed by atoms with Crippen LogP contribution in [0, 0.1) is 3.57 Å². The van der Waals surface area contributed by atoms with Crippen molar-refractivity contribution >= 4 is 45.9 Å². The van der Waals surface area contributed by atoms with Crippen LogP contribution in [0.15, 0.2) is 48.5 Å². The maximum absolute atomic E-state index is 12.1. The first-order chi connectivity index (χ1) is 10.1. The third-order valence-electron chi connectivity index (χ3n) is 2.69. The van der Waals surface area contributed by atoms with Crippen molar-refractivity contribution < 1.29 is 9.59 Å². The number of hydrogen-bond acceptors (Lipinski definition) is 2. The van der Waals surface area contributed by atoms with Gasteiger partial charge in [0.1, 0.15) is 0 Å². The van der Waals surface area contributed by atoms with Gasteiger partial charge in [-0.2, -0.15) is 0 Å². The Morgan fingerprint density at radius 1 is 0.952 bits per heavy atom. The second-order valence-corrected chi connectivity index (χ2v) is 5.50. The molecule has 0 bridgehead atoms. The number of carbonyl (C=O) groups excluding carboxylic acids is 2. The molecule has 0 aliphatic carbocycles. The van der Waals surface area contributed by atoms with Crippen LogP contribution in [-0.2, 0) is 0 Å². The van der Waals surface area contributed by atoms with Crippen molar-refractivity contribution in [3.63, 3.8) is 0 Å². The predicted molar refractivity (Wildman–Crippen MR) is 91.6 cm³/mol. The molecule has 2 aromatic carbocycles. The Hall–Kier alpha value is -2.09. The largest absolute Gasteiger partial charge is 0.341 e. The number of hydrogen-bond donors (Lipinski definition) is 3. The van der Waals surface area contributed by atoms with Gasteiger partial charge in [-0.05, 0) is 59.0 Å². The van der Waals surface area contributed by atoms with E-state index in [1.165, 1.54) is 7.05 Å². The summed E-state index contributed by atoms with van der Waals surface area (Å²) in [6.45, 7) is 0. The molecule has 2 aromatic rings. The van der Waals surface area contributed by atoms with Crippen molar-refractivity contribution in [2.75, 3.05) is 17.7 Å². The Morgan fingerprint density at radius 2 is 1.62 bits per heavy atom. The minimum absolute atomic E-state index is 0.189. The monoisotopic (exact) mass is 395 g/mol. The summed E-state index contributed by atoms with van der Waals surface area (Å²) in [5.41, 5.74) is 1.81. The van der Waals surface area contributed by atoms with E-state index in [-0.39, 0.29) is 11.9 Å². The van der Waals surface area contributed by atoms with Crippen molar-refractivity contribution in [2.24, 2.45) is 0 Å². The molecule has 5 nitrogen and oxygen atoms in total. The number of anilines is 2. The maximum Gasteiger partial charge on any atom is 0.318 e. The number of urea groups is 1. The Balaban J connectivity index is 2.11. The van der Waals surface area contributed by atoms with Gasteiger partial charge in [-0.3, -0.25) is 4.79 Å². The van der Waals surface area contributed by atoms with E-state index in [9.17, 15) is 9.59 Å². The molecule has 0 aromatic heterocycles. The van der Waals surface area contributed by atoms with Gasteiger partial charge >= 0.3 is 6.03 Å². The van der Waals surface area contributed by atoms with Crippen LogP contribution in [0.5, 0.6) is 0 Å². The second kappa shape index (κ2) is 7.07. The molecule has 2 rings (SSSR count). The lowest BCUT2D eigenvalue weighted by molar-refractivity contribution is 0.102. The van der Waals surface area contributed by atoms with E-state index in [1.54, 1.807) is 30.3 Å². The van der Waals surface area contributed by atoms with Crippen LogP contribution in [0.25, 0.3) is 0 Å². The van der Waals surface area contributed by atoms with Gasteiger partial charge in [0.2, 0.25) is 0 Å². The lowest BCUT2D eigenvalue weighted by Crippen LogP contribution is -2.24. The van der Waals surface area contributed by atoms with Crippen LogP contribution in [0.1, 0.15) is 10.4 Å². The predicted octanol–water partition coefficient (Wildman–Crippen LogP) is 3.29. The van der Waals surface area contributed by atoms with Gasteiger partial charge in [0.25, 0.3) is 5.91 Å². The van der Waals surface area contributed by atoms with Gasteiger partial charge in [0, 0.05) is 27.6 Å². The molecule has 0 radical (unpaired) electrons. The summed E-state index contributed by atoms with van der Waals surface area (Å²) >= 11 is 2.16. The van der Waals surface area contributed by atoms with E-state index in [1.807, 2.05) is 18.2 Å². The molecule has 21 heavy (non-hydrogen) atoms. The molecular weight excluding hydrogens is 381 g/mol. The van der Waals surface area contributed by atoms with E-state index >= 15 is 0 Å². The van der Waals surface area contributed by atoms with Gasteiger partial charge in [0.05, 0.1) is 0 Å². The number of carbonyl (C=O) groups is 2.